The smallest absolute Gasteiger partial charge is 0.260 e. The molecule has 6 rings (SSSR count). The highest BCUT2D eigenvalue weighted by Crippen LogP contribution is 2.45. The van der Waals surface area contributed by atoms with Crippen molar-refractivity contribution in [1.82, 2.24) is 23.7 Å². The number of pyridine rings is 1. The van der Waals surface area contributed by atoms with E-state index in [1.165, 1.54) is 39.0 Å². The molecule has 2 aliphatic rings. The number of amides is 2. The Kier molecular flexibility index (Phi) is 7.73. The van der Waals surface area contributed by atoms with Gasteiger partial charge < -0.3 is 4.90 Å². The highest BCUT2D eigenvalue weighted by Gasteiger charge is 2.52. The second-order valence-electron chi connectivity index (χ2n) is 10.9. The molecule has 4 heterocycles. The van der Waals surface area contributed by atoms with Crippen LogP contribution in [0.15, 0.2) is 72.1 Å². The zero-order chi connectivity index (χ0) is 31.4. The van der Waals surface area contributed by atoms with Gasteiger partial charge in [-0.1, -0.05) is 47.5 Å². The summed E-state index contributed by atoms with van der Waals surface area (Å²) in [4.78, 5) is 37.4. The minimum absolute atomic E-state index is 0.108. The highest BCUT2D eigenvalue weighted by molar-refractivity contribution is 7.89. The third-order valence-corrected chi connectivity index (χ3v) is 10.3. The van der Waals surface area contributed by atoms with E-state index in [0.29, 0.717) is 21.3 Å². The van der Waals surface area contributed by atoms with Gasteiger partial charge >= 0.3 is 0 Å². The van der Waals surface area contributed by atoms with Crippen LogP contribution >= 0.6 is 23.2 Å². The number of aromatic nitrogens is 3. The van der Waals surface area contributed by atoms with Gasteiger partial charge in [0.1, 0.15) is 11.4 Å². The van der Waals surface area contributed by atoms with E-state index in [0.717, 1.165) is 17.3 Å². The van der Waals surface area contributed by atoms with Crippen LogP contribution in [-0.4, -0.2) is 70.2 Å². The second kappa shape index (κ2) is 11.3. The maximum absolute atomic E-state index is 14.3. The maximum Gasteiger partial charge on any atom is 0.260 e. The molecule has 1 unspecified atom stereocenters. The zero-order valence-electron chi connectivity index (χ0n) is 23.7. The number of hydrogen-bond donors (Lipinski definition) is 0. The molecule has 14 heteroatoms. The van der Waals surface area contributed by atoms with Gasteiger partial charge in [-0.3, -0.25) is 19.1 Å². The summed E-state index contributed by atoms with van der Waals surface area (Å²) in [5.41, 5.74) is 0.981. The van der Waals surface area contributed by atoms with Gasteiger partial charge in [0.15, 0.2) is 5.03 Å². The van der Waals surface area contributed by atoms with Gasteiger partial charge in [-0.25, -0.2) is 22.7 Å². The first-order chi connectivity index (χ1) is 20.9. The molecule has 0 aliphatic carbocycles. The van der Waals surface area contributed by atoms with Crippen molar-refractivity contribution >= 4 is 56.7 Å². The average Bonchev–Trinajstić information content (AvgIpc) is 3.51. The van der Waals surface area contributed by atoms with Crippen LogP contribution in [0.2, 0.25) is 10.0 Å². The minimum atomic E-state index is -4.13. The van der Waals surface area contributed by atoms with Gasteiger partial charge in [0.2, 0.25) is 11.9 Å². The Bertz CT molecular complexity index is 1870. The van der Waals surface area contributed by atoms with Crippen molar-refractivity contribution in [1.29, 1.82) is 0 Å². The topological polar surface area (TPSA) is 109 Å². The number of anilines is 2. The number of carbonyl (C=O) groups is 2. The van der Waals surface area contributed by atoms with Crippen molar-refractivity contribution in [3.05, 3.63) is 88.5 Å². The molecule has 1 fully saturated rings. The van der Waals surface area contributed by atoms with Crippen molar-refractivity contribution < 1.29 is 22.4 Å². The Morgan fingerprint density at radius 2 is 1.61 bits per heavy atom. The Morgan fingerprint density at radius 3 is 2.23 bits per heavy atom. The summed E-state index contributed by atoms with van der Waals surface area (Å²) in [7, 11) is -4.13. The number of imidazole rings is 1. The minimum Gasteiger partial charge on any atom is -0.340 e. The average molecular weight is 658 g/mol. The fourth-order valence-corrected chi connectivity index (χ4v) is 7.89. The Hall–Kier alpha value is -3.84. The van der Waals surface area contributed by atoms with E-state index in [1.54, 1.807) is 42.3 Å². The number of rotatable bonds is 6. The third-order valence-electron chi connectivity index (χ3n) is 8.00. The molecule has 10 nitrogen and oxygen atoms in total. The normalized spacial score (nSPS) is 19.0. The van der Waals surface area contributed by atoms with E-state index in [1.807, 2.05) is 12.1 Å². The van der Waals surface area contributed by atoms with Crippen molar-refractivity contribution in [2.75, 3.05) is 31.1 Å². The fraction of sp³-hybridized carbons (Fsp3) is 0.267. The Labute approximate surface area is 263 Å². The SMILES string of the molecule is CC(=O)N1CCN(S(=O)(=O)c2cnc3n2C(C)(Cc2ccc(-c4cncc(F)c4)cc2)C(=O)N3c2cc(Cl)cc(Cl)c2)CC1. The zero-order valence-corrected chi connectivity index (χ0v) is 26.1. The van der Waals surface area contributed by atoms with Gasteiger partial charge in [0, 0.05) is 61.3 Å². The predicted octanol–water partition coefficient (Wildman–Crippen LogP) is 4.88. The highest BCUT2D eigenvalue weighted by atomic mass is 35.5. The van der Waals surface area contributed by atoms with E-state index < -0.39 is 27.3 Å². The molecule has 44 heavy (non-hydrogen) atoms. The Balaban J connectivity index is 1.42. The van der Waals surface area contributed by atoms with Crippen molar-refractivity contribution in [2.24, 2.45) is 0 Å². The van der Waals surface area contributed by atoms with Crippen LogP contribution in [0.25, 0.3) is 11.1 Å². The molecular weight excluding hydrogens is 630 g/mol. The predicted molar refractivity (Wildman–Crippen MR) is 164 cm³/mol. The van der Waals surface area contributed by atoms with E-state index in [4.69, 9.17) is 23.2 Å². The summed E-state index contributed by atoms with van der Waals surface area (Å²) in [5.74, 6) is -0.892. The second-order valence-corrected chi connectivity index (χ2v) is 13.7. The lowest BCUT2D eigenvalue weighted by atomic mass is 9.91. The lowest BCUT2D eigenvalue weighted by molar-refractivity contribution is -0.130. The first-order valence-electron chi connectivity index (χ1n) is 13.7. The fourth-order valence-electron chi connectivity index (χ4n) is 5.77. The van der Waals surface area contributed by atoms with Crippen LogP contribution in [0.5, 0.6) is 0 Å². The number of fused-ring (bicyclic) bond motifs is 1. The summed E-state index contributed by atoms with van der Waals surface area (Å²) in [6.45, 7) is 3.85. The summed E-state index contributed by atoms with van der Waals surface area (Å²) >= 11 is 12.6. The van der Waals surface area contributed by atoms with E-state index in [2.05, 4.69) is 9.97 Å². The van der Waals surface area contributed by atoms with Gasteiger partial charge in [-0.2, -0.15) is 4.31 Å². The number of sulfonamides is 1. The lowest BCUT2D eigenvalue weighted by Crippen LogP contribution is -2.50. The molecule has 1 atom stereocenters. The summed E-state index contributed by atoms with van der Waals surface area (Å²) in [6.07, 6.45) is 4.05. The van der Waals surface area contributed by atoms with Crippen LogP contribution in [0.4, 0.5) is 16.0 Å². The summed E-state index contributed by atoms with van der Waals surface area (Å²) < 4.78 is 44.7. The van der Waals surface area contributed by atoms with Crippen molar-refractivity contribution in [2.45, 2.75) is 30.8 Å². The molecule has 2 aromatic carbocycles. The molecule has 0 bridgehead atoms. The maximum atomic E-state index is 14.3. The molecule has 0 radical (unpaired) electrons. The van der Waals surface area contributed by atoms with Crippen LogP contribution in [-0.2, 0) is 31.6 Å². The number of piperazine rings is 1. The molecule has 4 aromatic rings. The number of carbonyl (C=O) groups excluding carboxylic acids is 2. The van der Waals surface area contributed by atoms with Gasteiger partial charge in [0.05, 0.1) is 18.1 Å². The quantitative estimate of drug-likeness (QED) is 0.293. The molecule has 0 N–H and O–H groups in total. The summed E-state index contributed by atoms with van der Waals surface area (Å²) in [5, 5.41) is 0.453. The molecule has 2 aliphatic heterocycles. The van der Waals surface area contributed by atoms with Crippen molar-refractivity contribution in [3.63, 3.8) is 0 Å². The van der Waals surface area contributed by atoms with Crippen molar-refractivity contribution in [3.8, 4) is 11.1 Å². The number of nitrogens with zero attached hydrogens (tertiary/aromatic N) is 6. The molecular formula is C30H27Cl2FN6O4S. The molecule has 2 aromatic heterocycles. The molecule has 2 amide bonds. The van der Waals surface area contributed by atoms with E-state index in [9.17, 15) is 22.4 Å². The van der Waals surface area contributed by atoms with Crippen LogP contribution in [0, 0.1) is 5.82 Å². The molecule has 0 spiro atoms. The lowest BCUT2D eigenvalue weighted by Gasteiger charge is -2.34. The third kappa shape index (κ3) is 5.25. The summed E-state index contributed by atoms with van der Waals surface area (Å²) in [6, 6.07) is 13.2. The number of benzene rings is 2. The Morgan fingerprint density at radius 1 is 0.955 bits per heavy atom. The standard InChI is InChI=1S/C30H27Cl2FN6O4S/c1-19(40)36-7-9-37(10-8-36)44(42,43)27-18-35-29-38(26-13-23(31)12-24(32)14-26)28(41)30(2,39(27)29)15-20-3-5-21(6-4-20)22-11-25(33)17-34-16-22/h3-6,11-14,16-18H,7-10,15H2,1-2H3. The van der Waals surface area contributed by atoms with Gasteiger partial charge in [-0.05, 0) is 42.3 Å². The van der Waals surface area contributed by atoms with E-state index in [-0.39, 0.29) is 49.5 Å². The van der Waals surface area contributed by atoms with Crippen LogP contribution in [0.3, 0.4) is 0 Å². The van der Waals surface area contributed by atoms with E-state index >= 15 is 0 Å². The van der Waals surface area contributed by atoms with Gasteiger partial charge in [0.25, 0.3) is 15.9 Å². The molecule has 228 valence electrons. The molecule has 1 saturated heterocycles. The largest absolute Gasteiger partial charge is 0.340 e. The number of hydrogen-bond acceptors (Lipinski definition) is 6. The first kappa shape index (κ1) is 30.2. The molecule has 0 saturated carbocycles. The first-order valence-corrected chi connectivity index (χ1v) is 15.9. The van der Waals surface area contributed by atoms with Crippen LogP contribution in [0.1, 0.15) is 19.4 Å². The van der Waals surface area contributed by atoms with Gasteiger partial charge in [-0.15, -0.1) is 0 Å². The van der Waals surface area contributed by atoms with Crippen LogP contribution < -0.4 is 4.90 Å². The number of halogens is 3. The monoisotopic (exact) mass is 656 g/mol.